The number of allylic oxidation sites excluding steroid dienone is 2. The Morgan fingerprint density at radius 2 is 2.18 bits per heavy atom. The summed E-state index contributed by atoms with van der Waals surface area (Å²) in [6, 6.07) is 0.116. The summed E-state index contributed by atoms with van der Waals surface area (Å²) in [6.07, 6.45) is 1.56. The minimum atomic E-state index is 0.0553. The third-order valence-corrected chi connectivity index (χ3v) is 1.12. The van der Waals surface area contributed by atoms with E-state index in [2.05, 4.69) is 5.32 Å². The zero-order valence-corrected chi connectivity index (χ0v) is 7.35. The second kappa shape index (κ2) is 4.91. The first-order valence-corrected chi connectivity index (χ1v) is 3.70. The predicted octanol–water partition coefficient (Wildman–Crippen LogP) is 0.416. The Labute approximate surface area is 67.7 Å². The molecule has 0 saturated heterocycles. The summed E-state index contributed by atoms with van der Waals surface area (Å²) in [4.78, 5) is 10.6. The molecule has 0 amide bonds. The summed E-state index contributed by atoms with van der Waals surface area (Å²) >= 11 is 0. The summed E-state index contributed by atoms with van der Waals surface area (Å²) in [7, 11) is 0. The third kappa shape index (κ3) is 7.06. The van der Waals surface area contributed by atoms with Gasteiger partial charge in [-0.25, -0.2) is 0 Å². The topological polar surface area (TPSA) is 55.1 Å². The van der Waals surface area contributed by atoms with Gasteiger partial charge in [-0.2, -0.15) is 0 Å². The monoisotopic (exact) mass is 156 g/mol. The van der Waals surface area contributed by atoms with Crippen LogP contribution in [0.1, 0.15) is 20.8 Å². The minimum Gasteiger partial charge on any atom is -0.387 e. The van der Waals surface area contributed by atoms with E-state index < -0.39 is 0 Å². The Morgan fingerprint density at radius 1 is 1.64 bits per heavy atom. The van der Waals surface area contributed by atoms with Crippen molar-refractivity contribution in [2.24, 2.45) is 5.73 Å². The number of hydrogen-bond acceptors (Lipinski definition) is 3. The van der Waals surface area contributed by atoms with Gasteiger partial charge in [0.15, 0.2) is 5.78 Å². The maximum Gasteiger partial charge on any atom is 0.154 e. The molecule has 3 nitrogen and oxygen atoms in total. The first kappa shape index (κ1) is 10.2. The van der Waals surface area contributed by atoms with Gasteiger partial charge >= 0.3 is 0 Å². The van der Waals surface area contributed by atoms with Crippen LogP contribution >= 0.6 is 0 Å². The molecule has 0 aliphatic carbocycles. The van der Waals surface area contributed by atoms with Crippen LogP contribution in [0, 0.1) is 0 Å². The number of carbonyl (C=O) groups is 1. The number of rotatable bonds is 4. The van der Waals surface area contributed by atoms with Crippen molar-refractivity contribution in [2.75, 3.05) is 6.54 Å². The highest BCUT2D eigenvalue weighted by atomic mass is 16.1. The van der Waals surface area contributed by atoms with Gasteiger partial charge in [-0.15, -0.1) is 0 Å². The molecule has 0 saturated carbocycles. The van der Waals surface area contributed by atoms with Gasteiger partial charge in [-0.05, 0) is 26.8 Å². The second-order valence-corrected chi connectivity index (χ2v) is 2.80. The average molecular weight is 156 g/mol. The molecule has 11 heavy (non-hydrogen) atoms. The van der Waals surface area contributed by atoms with Gasteiger partial charge in [0.05, 0.1) is 0 Å². The van der Waals surface area contributed by atoms with Crippen molar-refractivity contribution in [3.63, 3.8) is 0 Å². The van der Waals surface area contributed by atoms with Crippen molar-refractivity contribution < 1.29 is 4.79 Å². The first-order valence-electron chi connectivity index (χ1n) is 3.70. The Bertz CT molecular complexity index is 161. The molecule has 3 heteroatoms. The van der Waals surface area contributed by atoms with Gasteiger partial charge in [0.25, 0.3) is 0 Å². The molecule has 0 aliphatic heterocycles. The van der Waals surface area contributed by atoms with E-state index in [1.165, 1.54) is 6.92 Å². The maximum absolute atomic E-state index is 10.6. The zero-order chi connectivity index (χ0) is 8.85. The van der Waals surface area contributed by atoms with Crippen molar-refractivity contribution >= 4 is 5.78 Å². The largest absolute Gasteiger partial charge is 0.387 e. The summed E-state index contributed by atoms with van der Waals surface area (Å²) < 4.78 is 0. The quantitative estimate of drug-likeness (QED) is 0.580. The van der Waals surface area contributed by atoms with Crippen molar-refractivity contribution in [3.05, 3.63) is 11.8 Å². The van der Waals surface area contributed by atoms with Gasteiger partial charge in [-0.3, -0.25) is 4.79 Å². The van der Waals surface area contributed by atoms with E-state index in [-0.39, 0.29) is 11.8 Å². The molecule has 0 aliphatic rings. The zero-order valence-electron chi connectivity index (χ0n) is 7.35. The van der Waals surface area contributed by atoms with Crippen molar-refractivity contribution in [1.82, 2.24) is 5.32 Å². The smallest absolute Gasteiger partial charge is 0.154 e. The Hall–Kier alpha value is -0.830. The molecular weight excluding hydrogens is 140 g/mol. The fraction of sp³-hybridized carbons (Fsp3) is 0.625. The molecule has 0 aromatic carbocycles. The first-order chi connectivity index (χ1) is 5.02. The van der Waals surface area contributed by atoms with Gasteiger partial charge in [0.1, 0.15) is 0 Å². The highest BCUT2D eigenvalue weighted by Crippen LogP contribution is 1.86. The fourth-order valence-electron chi connectivity index (χ4n) is 0.678. The van der Waals surface area contributed by atoms with E-state index in [1.54, 1.807) is 6.08 Å². The minimum absolute atomic E-state index is 0.0553. The molecule has 0 spiro atoms. The molecule has 0 fully saturated rings. The predicted molar refractivity (Wildman–Crippen MR) is 46.1 cm³/mol. The molecule has 0 heterocycles. The lowest BCUT2D eigenvalue weighted by atomic mass is 10.3. The summed E-state index contributed by atoms with van der Waals surface area (Å²) in [5.41, 5.74) is 6.37. The maximum atomic E-state index is 10.6. The highest BCUT2D eigenvalue weighted by Gasteiger charge is 1.93. The number of nitrogens with two attached hydrogens (primary N) is 1. The van der Waals surface area contributed by atoms with E-state index in [1.807, 2.05) is 13.8 Å². The summed E-state index contributed by atoms with van der Waals surface area (Å²) in [5.74, 6) is 0.0553. The van der Waals surface area contributed by atoms with E-state index >= 15 is 0 Å². The van der Waals surface area contributed by atoms with Crippen LogP contribution in [0.4, 0.5) is 0 Å². The van der Waals surface area contributed by atoms with Crippen LogP contribution in [0.25, 0.3) is 0 Å². The Kier molecular flexibility index (Phi) is 4.54. The van der Waals surface area contributed by atoms with E-state index in [4.69, 9.17) is 5.73 Å². The number of carbonyl (C=O) groups excluding carboxylic acids is 1. The third-order valence-electron chi connectivity index (χ3n) is 1.12. The standard InChI is InChI=1S/C8H16N2O/c1-6(9)5-10-7(2)4-8(3)11/h4,6,10H,5,9H2,1-3H3/b7-4-. The van der Waals surface area contributed by atoms with Crippen molar-refractivity contribution in [3.8, 4) is 0 Å². The van der Waals surface area contributed by atoms with Crippen molar-refractivity contribution in [2.45, 2.75) is 26.8 Å². The number of nitrogens with one attached hydrogen (secondary N) is 1. The summed E-state index contributed by atoms with van der Waals surface area (Å²) in [5, 5.41) is 3.03. The Balaban J connectivity index is 3.68. The molecule has 0 aromatic rings. The van der Waals surface area contributed by atoms with Crippen LogP contribution in [0.3, 0.4) is 0 Å². The second-order valence-electron chi connectivity index (χ2n) is 2.80. The molecule has 0 aromatic heterocycles. The fourth-order valence-corrected chi connectivity index (χ4v) is 0.678. The lowest BCUT2D eigenvalue weighted by Gasteiger charge is -2.07. The molecule has 1 atom stereocenters. The van der Waals surface area contributed by atoms with Crippen LogP contribution in [0.15, 0.2) is 11.8 Å². The lowest BCUT2D eigenvalue weighted by Crippen LogP contribution is -2.30. The van der Waals surface area contributed by atoms with Crippen LogP contribution in [-0.4, -0.2) is 18.4 Å². The van der Waals surface area contributed by atoms with Gasteiger partial charge in [0.2, 0.25) is 0 Å². The molecule has 0 bridgehead atoms. The molecule has 0 radical (unpaired) electrons. The number of ketones is 1. The van der Waals surface area contributed by atoms with E-state index in [0.717, 1.165) is 5.70 Å². The average Bonchev–Trinajstić information content (AvgIpc) is 1.82. The van der Waals surface area contributed by atoms with Gasteiger partial charge in [0, 0.05) is 18.3 Å². The highest BCUT2D eigenvalue weighted by molar-refractivity contribution is 5.87. The lowest BCUT2D eigenvalue weighted by molar-refractivity contribution is -0.112. The molecule has 64 valence electrons. The van der Waals surface area contributed by atoms with Crippen LogP contribution in [0.2, 0.25) is 0 Å². The van der Waals surface area contributed by atoms with Gasteiger partial charge < -0.3 is 11.1 Å². The van der Waals surface area contributed by atoms with Crippen LogP contribution < -0.4 is 11.1 Å². The van der Waals surface area contributed by atoms with E-state index in [9.17, 15) is 4.79 Å². The Morgan fingerprint density at radius 3 is 2.55 bits per heavy atom. The molecule has 0 rings (SSSR count). The SMILES string of the molecule is CC(=O)/C=C(/C)NCC(C)N. The molecular formula is C8H16N2O. The van der Waals surface area contributed by atoms with Crippen LogP contribution in [-0.2, 0) is 4.79 Å². The van der Waals surface area contributed by atoms with Crippen molar-refractivity contribution in [1.29, 1.82) is 0 Å². The normalized spacial score (nSPS) is 14.4. The summed E-state index contributed by atoms with van der Waals surface area (Å²) in [6.45, 7) is 5.99. The van der Waals surface area contributed by atoms with Gasteiger partial charge in [-0.1, -0.05) is 0 Å². The van der Waals surface area contributed by atoms with Crippen LogP contribution in [0.5, 0.6) is 0 Å². The van der Waals surface area contributed by atoms with E-state index in [0.29, 0.717) is 6.54 Å². The molecule has 1 unspecified atom stereocenters. The number of hydrogen-bond donors (Lipinski definition) is 2. The molecule has 3 N–H and O–H groups in total.